The third-order valence-electron chi connectivity index (χ3n) is 2.54. The third kappa shape index (κ3) is 5.50. The van der Waals surface area contributed by atoms with E-state index in [1.165, 1.54) is 6.08 Å². The molecule has 0 radical (unpaired) electrons. The molecule has 5 nitrogen and oxygen atoms in total. The van der Waals surface area contributed by atoms with Gasteiger partial charge >= 0.3 is 0 Å². The summed E-state index contributed by atoms with van der Waals surface area (Å²) in [6, 6.07) is 13.3. The zero-order valence-electron chi connectivity index (χ0n) is 11.2. The van der Waals surface area contributed by atoms with Crippen LogP contribution in [0.3, 0.4) is 0 Å². The highest BCUT2D eigenvalue weighted by atomic mass is 32.1. The summed E-state index contributed by atoms with van der Waals surface area (Å²) in [6.07, 6.45) is 4.46. The van der Waals surface area contributed by atoms with Crippen LogP contribution < -0.4 is 16.2 Å². The smallest absolute Gasteiger partial charge is 0.262 e. The van der Waals surface area contributed by atoms with E-state index in [4.69, 9.17) is 16.6 Å². The molecule has 0 fully saturated rings. The summed E-state index contributed by atoms with van der Waals surface area (Å²) in [4.78, 5) is 11.5. The summed E-state index contributed by atoms with van der Waals surface area (Å²) in [7, 11) is 0. The van der Waals surface area contributed by atoms with E-state index >= 15 is 0 Å². The number of benzene rings is 1. The maximum atomic E-state index is 11.5. The van der Waals surface area contributed by atoms with Gasteiger partial charge in [-0.1, -0.05) is 30.3 Å². The predicted octanol–water partition coefficient (Wildman–Crippen LogP) is 1.99. The number of carbonyl (C=O) groups excluding carboxylic acids is 1. The summed E-state index contributed by atoms with van der Waals surface area (Å²) >= 11 is 5.06. The van der Waals surface area contributed by atoms with Crippen molar-refractivity contribution in [2.45, 2.75) is 6.54 Å². The molecule has 3 N–H and O–H groups in total. The van der Waals surface area contributed by atoms with Gasteiger partial charge < -0.3 is 9.73 Å². The van der Waals surface area contributed by atoms with E-state index in [9.17, 15) is 4.79 Å². The summed E-state index contributed by atoms with van der Waals surface area (Å²) in [5.41, 5.74) is 6.18. The first-order valence-electron chi connectivity index (χ1n) is 6.33. The fourth-order valence-corrected chi connectivity index (χ4v) is 1.65. The van der Waals surface area contributed by atoms with Crippen molar-refractivity contribution in [3.63, 3.8) is 0 Å². The zero-order chi connectivity index (χ0) is 14.9. The Bertz CT molecular complexity index is 609. The average molecular weight is 301 g/mol. The second kappa shape index (κ2) is 7.86. The van der Waals surface area contributed by atoms with E-state index in [-0.39, 0.29) is 5.91 Å². The van der Waals surface area contributed by atoms with Crippen molar-refractivity contribution in [3.8, 4) is 0 Å². The van der Waals surface area contributed by atoms with Crippen LogP contribution in [0.15, 0.2) is 59.2 Å². The number of hydrogen-bond donors (Lipinski definition) is 3. The van der Waals surface area contributed by atoms with Gasteiger partial charge in [0.1, 0.15) is 5.76 Å². The SMILES string of the molecule is O=C(/C=C/c1ccco1)NNC(=S)NCc1ccccc1. The first-order valence-corrected chi connectivity index (χ1v) is 6.74. The molecular weight excluding hydrogens is 286 g/mol. The minimum absolute atomic E-state index is 0.324. The molecule has 0 saturated carbocycles. The lowest BCUT2D eigenvalue weighted by atomic mass is 10.2. The van der Waals surface area contributed by atoms with Crippen molar-refractivity contribution >= 4 is 29.3 Å². The van der Waals surface area contributed by atoms with Crippen LogP contribution in [0.4, 0.5) is 0 Å². The van der Waals surface area contributed by atoms with Gasteiger partial charge in [-0.2, -0.15) is 0 Å². The molecule has 2 rings (SSSR count). The normalized spacial score (nSPS) is 10.3. The molecule has 0 atom stereocenters. The quantitative estimate of drug-likeness (QED) is 0.458. The molecule has 0 aliphatic rings. The second-order valence-corrected chi connectivity index (χ2v) is 4.54. The fraction of sp³-hybridized carbons (Fsp3) is 0.0667. The number of hydrazine groups is 1. The van der Waals surface area contributed by atoms with Crippen LogP contribution in [0.1, 0.15) is 11.3 Å². The van der Waals surface area contributed by atoms with Crippen LogP contribution in [-0.4, -0.2) is 11.0 Å². The van der Waals surface area contributed by atoms with Gasteiger partial charge in [0, 0.05) is 12.6 Å². The molecule has 1 amide bonds. The number of carbonyl (C=O) groups is 1. The summed E-state index contributed by atoms with van der Waals surface area (Å²) in [5.74, 6) is 0.283. The number of furan rings is 1. The Kier molecular flexibility index (Phi) is 5.54. The average Bonchev–Trinajstić information content (AvgIpc) is 3.03. The van der Waals surface area contributed by atoms with Gasteiger partial charge in [0.25, 0.3) is 5.91 Å². The Balaban J connectivity index is 1.68. The molecule has 21 heavy (non-hydrogen) atoms. The first kappa shape index (κ1) is 14.8. The lowest BCUT2D eigenvalue weighted by Gasteiger charge is -2.10. The van der Waals surface area contributed by atoms with Crippen molar-refractivity contribution in [1.29, 1.82) is 0 Å². The number of amides is 1. The molecule has 0 aliphatic heterocycles. The van der Waals surface area contributed by atoms with E-state index < -0.39 is 0 Å². The van der Waals surface area contributed by atoms with E-state index in [0.717, 1.165) is 5.56 Å². The van der Waals surface area contributed by atoms with Crippen LogP contribution in [0.2, 0.25) is 0 Å². The van der Waals surface area contributed by atoms with Crippen LogP contribution in [0, 0.1) is 0 Å². The number of hydrogen-bond acceptors (Lipinski definition) is 3. The van der Waals surface area contributed by atoms with E-state index in [2.05, 4.69) is 16.2 Å². The van der Waals surface area contributed by atoms with Gasteiger partial charge in [0.2, 0.25) is 0 Å². The van der Waals surface area contributed by atoms with Crippen LogP contribution in [0.5, 0.6) is 0 Å². The molecular formula is C15H15N3O2S. The molecule has 0 bridgehead atoms. The Labute approximate surface area is 128 Å². The minimum Gasteiger partial charge on any atom is -0.465 e. The largest absolute Gasteiger partial charge is 0.465 e. The highest BCUT2D eigenvalue weighted by Gasteiger charge is 1.98. The molecule has 2 aromatic rings. The Morgan fingerprint density at radius 2 is 1.95 bits per heavy atom. The van der Waals surface area contributed by atoms with Gasteiger partial charge in [0.05, 0.1) is 6.26 Å². The first-order chi connectivity index (χ1) is 10.2. The van der Waals surface area contributed by atoms with Gasteiger partial charge in [-0.05, 0) is 36.0 Å². The van der Waals surface area contributed by atoms with Gasteiger partial charge in [-0.3, -0.25) is 15.6 Å². The minimum atomic E-state index is -0.324. The van der Waals surface area contributed by atoms with Gasteiger partial charge in [-0.25, -0.2) is 0 Å². The molecule has 1 aromatic carbocycles. The van der Waals surface area contributed by atoms with Crippen LogP contribution >= 0.6 is 12.2 Å². The monoisotopic (exact) mass is 301 g/mol. The lowest BCUT2D eigenvalue weighted by Crippen LogP contribution is -2.45. The molecule has 108 valence electrons. The summed E-state index contributed by atoms with van der Waals surface area (Å²) in [6.45, 7) is 0.588. The van der Waals surface area contributed by atoms with E-state index in [0.29, 0.717) is 17.4 Å². The molecule has 6 heteroatoms. The maximum absolute atomic E-state index is 11.5. The number of thiocarbonyl (C=S) groups is 1. The molecule has 0 aliphatic carbocycles. The fourth-order valence-electron chi connectivity index (χ4n) is 1.53. The lowest BCUT2D eigenvalue weighted by molar-refractivity contribution is -0.116. The van der Waals surface area contributed by atoms with Crippen LogP contribution in [0.25, 0.3) is 6.08 Å². The standard InChI is InChI=1S/C15H15N3O2S/c19-14(9-8-13-7-4-10-20-13)17-18-15(21)16-11-12-5-2-1-3-6-12/h1-10H,11H2,(H,17,19)(H2,16,18,21)/b9-8+. The number of rotatable bonds is 4. The Morgan fingerprint density at radius 1 is 1.14 bits per heavy atom. The number of nitrogens with one attached hydrogen (secondary N) is 3. The van der Waals surface area contributed by atoms with Crippen molar-refractivity contribution in [2.75, 3.05) is 0 Å². The second-order valence-electron chi connectivity index (χ2n) is 4.13. The van der Waals surface area contributed by atoms with Crippen molar-refractivity contribution in [3.05, 3.63) is 66.1 Å². The summed E-state index contributed by atoms with van der Waals surface area (Å²) < 4.78 is 5.07. The maximum Gasteiger partial charge on any atom is 0.262 e. The van der Waals surface area contributed by atoms with Crippen molar-refractivity contribution < 1.29 is 9.21 Å². The predicted molar refractivity (Wildman–Crippen MR) is 84.9 cm³/mol. The topological polar surface area (TPSA) is 66.3 Å². The zero-order valence-corrected chi connectivity index (χ0v) is 12.0. The molecule has 1 aromatic heterocycles. The van der Waals surface area contributed by atoms with Crippen molar-refractivity contribution in [1.82, 2.24) is 16.2 Å². The summed E-state index contributed by atoms with van der Waals surface area (Å²) in [5, 5.41) is 3.33. The van der Waals surface area contributed by atoms with Crippen molar-refractivity contribution in [2.24, 2.45) is 0 Å². The van der Waals surface area contributed by atoms with E-state index in [1.807, 2.05) is 30.3 Å². The highest BCUT2D eigenvalue weighted by molar-refractivity contribution is 7.80. The molecule has 0 spiro atoms. The third-order valence-corrected chi connectivity index (χ3v) is 2.78. The molecule has 0 saturated heterocycles. The Hall–Kier alpha value is -2.60. The van der Waals surface area contributed by atoms with Crippen LogP contribution in [-0.2, 0) is 11.3 Å². The van der Waals surface area contributed by atoms with E-state index in [1.54, 1.807) is 24.5 Å². The Morgan fingerprint density at radius 3 is 2.67 bits per heavy atom. The highest BCUT2D eigenvalue weighted by Crippen LogP contribution is 2.01. The molecule has 1 heterocycles. The molecule has 0 unspecified atom stereocenters. The van der Waals surface area contributed by atoms with Gasteiger partial charge in [-0.15, -0.1) is 0 Å². The van der Waals surface area contributed by atoms with Gasteiger partial charge in [0.15, 0.2) is 5.11 Å².